The van der Waals surface area contributed by atoms with E-state index in [1.807, 2.05) is 42.5 Å². The number of ether oxygens (including phenoxy) is 1. The van der Waals surface area contributed by atoms with E-state index in [-0.39, 0.29) is 12.4 Å². The summed E-state index contributed by atoms with van der Waals surface area (Å²) < 4.78 is 5.92. The van der Waals surface area contributed by atoms with Crippen molar-refractivity contribution in [2.45, 2.75) is 51.7 Å². The van der Waals surface area contributed by atoms with Gasteiger partial charge in [0.05, 0.1) is 12.7 Å². The quantitative estimate of drug-likeness (QED) is 0.408. The molecule has 28 heavy (non-hydrogen) atoms. The van der Waals surface area contributed by atoms with Crippen LogP contribution >= 0.6 is 0 Å². The topological polar surface area (TPSA) is 58.6 Å². The van der Waals surface area contributed by atoms with Crippen LogP contribution in [-0.4, -0.2) is 42.8 Å². The molecule has 152 valence electrons. The summed E-state index contributed by atoms with van der Waals surface area (Å²) >= 11 is 0. The first-order valence-electron chi connectivity index (χ1n) is 10.3. The van der Waals surface area contributed by atoms with Gasteiger partial charge in [0.25, 0.3) is 0 Å². The second-order valence-corrected chi connectivity index (χ2v) is 7.18. The fourth-order valence-electron chi connectivity index (χ4n) is 3.16. The van der Waals surface area contributed by atoms with Crippen LogP contribution in [0.3, 0.4) is 0 Å². The second kappa shape index (κ2) is 12.4. The molecule has 2 aromatic carbocycles. The Morgan fingerprint density at radius 1 is 1.04 bits per heavy atom. The van der Waals surface area contributed by atoms with Crippen LogP contribution in [0, 0.1) is 0 Å². The van der Waals surface area contributed by atoms with Crippen molar-refractivity contribution < 1.29 is 14.6 Å². The zero-order valence-corrected chi connectivity index (χ0v) is 17.1. The van der Waals surface area contributed by atoms with Gasteiger partial charge in [-0.05, 0) is 30.5 Å². The maximum Gasteiger partial charge on any atom is 0.191 e. The Morgan fingerprint density at radius 2 is 1.79 bits per heavy atom. The molecule has 0 heterocycles. The van der Waals surface area contributed by atoms with E-state index in [4.69, 9.17) is 4.74 Å². The third-order valence-electron chi connectivity index (χ3n) is 4.60. The molecule has 0 spiro atoms. The summed E-state index contributed by atoms with van der Waals surface area (Å²) in [5.41, 5.74) is 2.99. The Balaban J connectivity index is 2.07. The average Bonchev–Trinajstić information content (AvgIpc) is 2.72. The average molecular weight is 384 g/mol. The molecule has 0 radical (unpaired) electrons. The van der Waals surface area contributed by atoms with Gasteiger partial charge in [0.2, 0.25) is 0 Å². The van der Waals surface area contributed by atoms with E-state index in [1.54, 1.807) is 0 Å². The van der Waals surface area contributed by atoms with Gasteiger partial charge in [0, 0.05) is 18.5 Å². The molecule has 0 aliphatic rings. The molecule has 0 aliphatic heterocycles. The highest BCUT2D eigenvalue weighted by Gasteiger charge is 2.22. The summed E-state index contributed by atoms with van der Waals surface area (Å²) in [5, 5.41) is 13.3. The molecule has 0 amide bonds. The van der Waals surface area contributed by atoms with E-state index in [2.05, 4.69) is 31.3 Å². The molecule has 0 bridgehead atoms. The number of aryl methyl sites for hydroxylation is 1. The van der Waals surface area contributed by atoms with Crippen molar-refractivity contribution in [3.05, 3.63) is 71.3 Å². The second-order valence-electron chi connectivity index (χ2n) is 7.18. The van der Waals surface area contributed by atoms with Gasteiger partial charge < -0.3 is 15.2 Å². The fraction of sp³-hybridized carbons (Fsp3) is 0.458. The number of rotatable bonds is 13. The molecule has 0 saturated heterocycles. The van der Waals surface area contributed by atoms with E-state index in [0.29, 0.717) is 18.5 Å². The first-order chi connectivity index (χ1) is 13.6. The third kappa shape index (κ3) is 7.55. The zero-order chi connectivity index (χ0) is 20.2. The highest BCUT2D eigenvalue weighted by Crippen LogP contribution is 2.15. The van der Waals surface area contributed by atoms with Gasteiger partial charge in [-0.2, -0.15) is 0 Å². The van der Waals surface area contributed by atoms with Crippen LogP contribution in [0.4, 0.5) is 0 Å². The highest BCUT2D eigenvalue weighted by atomic mass is 16.5. The molecule has 0 aliphatic carbocycles. The summed E-state index contributed by atoms with van der Waals surface area (Å²) in [6, 6.07) is 17.6. The maximum atomic E-state index is 13.0. The first kappa shape index (κ1) is 22.3. The minimum atomic E-state index is -0.635. The molecule has 0 aromatic heterocycles. The lowest BCUT2D eigenvalue weighted by Gasteiger charge is -2.20. The predicted molar refractivity (Wildman–Crippen MR) is 114 cm³/mol. The standard InChI is InChI=1S/C24H33NO3/c1-3-9-19-10-8-11-20(15-19)16-23(24(27)21-12-6-5-7-13-21)28-18-22(26)17-25-14-4-2/h5-8,10-13,15,22-23,25-26H,3-4,9,14,16-18H2,1-2H3. The SMILES string of the molecule is CCCNCC(O)COC(Cc1cccc(CCC)c1)C(=O)c1ccccc1. The Bertz CT molecular complexity index is 702. The molecule has 2 unspecified atom stereocenters. The van der Waals surface area contributed by atoms with Crippen LogP contribution in [0.5, 0.6) is 0 Å². The van der Waals surface area contributed by atoms with Gasteiger partial charge in [-0.25, -0.2) is 0 Å². The molecule has 4 heteroatoms. The number of carbonyl (C=O) groups is 1. The van der Waals surface area contributed by atoms with Crippen molar-refractivity contribution in [2.75, 3.05) is 19.7 Å². The number of carbonyl (C=O) groups excluding carboxylic acids is 1. The fourth-order valence-corrected chi connectivity index (χ4v) is 3.16. The van der Waals surface area contributed by atoms with E-state index >= 15 is 0 Å². The Labute approximate surface area is 168 Å². The number of hydrogen-bond donors (Lipinski definition) is 2. The van der Waals surface area contributed by atoms with E-state index in [0.717, 1.165) is 31.4 Å². The molecule has 0 saturated carbocycles. The normalized spacial score (nSPS) is 13.2. The van der Waals surface area contributed by atoms with Crippen LogP contribution in [0.25, 0.3) is 0 Å². The lowest BCUT2D eigenvalue weighted by atomic mass is 9.98. The van der Waals surface area contributed by atoms with Crippen LogP contribution in [0.15, 0.2) is 54.6 Å². The highest BCUT2D eigenvalue weighted by molar-refractivity contribution is 5.99. The summed E-state index contributed by atoms with van der Waals surface area (Å²) in [4.78, 5) is 13.0. The van der Waals surface area contributed by atoms with Crippen LogP contribution < -0.4 is 5.32 Å². The molecule has 2 rings (SSSR count). The van der Waals surface area contributed by atoms with Crippen molar-refractivity contribution >= 4 is 5.78 Å². The number of benzene rings is 2. The van der Waals surface area contributed by atoms with Gasteiger partial charge in [0.15, 0.2) is 5.78 Å². The van der Waals surface area contributed by atoms with Gasteiger partial charge >= 0.3 is 0 Å². The largest absolute Gasteiger partial charge is 0.389 e. The molecular formula is C24H33NO3. The Hall–Kier alpha value is -2.01. The molecule has 2 atom stereocenters. The summed E-state index contributed by atoms with van der Waals surface area (Å²) in [7, 11) is 0. The first-order valence-corrected chi connectivity index (χ1v) is 10.3. The number of Topliss-reactive ketones (excluding diaryl/α,β-unsaturated/α-hetero) is 1. The smallest absolute Gasteiger partial charge is 0.191 e. The molecule has 2 aromatic rings. The van der Waals surface area contributed by atoms with Crippen molar-refractivity contribution in [1.29, 1.82) is 0 Å². The molecule has 4 nitrogen and oxygen atoms in total. The van der Waals surface area contributed by atoms with Crippen LogP contribution in [-0.2, 0) is 17.6 Å². The number of hydrogen-bond acceptors (Lipinski definition) is 4. The Kier molecular flexibility index (Phi) is 9.91. The van der Waals surface area contributed by atoms with Crippen LogP contribution in [0.2, 0.25) is 0 Å². The number of aliphatic hydroxyl groups excluding tert-OH is 1. The van der Waals surface area contributed by atoms with Crippen molar-refractivity contribution in [3.8, 4) is 0 Å². The lowest BCUT2D eigenvalue weighted by Crippen LogP contribution is -2.35. The van der Waals surface area contributed by atoms with Crippen LogP contribution in [0.1, 0.15) is 48.2 Å². The third-order valence-corrected chi connectivity index (χ3v) is 4.60. The minimum Gasteiger partial charge on any atom is -0.389 e. The van der Waals surface area contributed by atoms with E-state index in [1.165, 1.54) is 5.56 Å². The number of nitrogens with one attached hydrogen (secondary N) is 1. The summed E-state index contributed by atoms with van der Waals surface area (Å²) in [5.74, 6) is -0.0461. The predicted octanol–water partition coefficient (Wildman–Crippen LogP) is 3.81. The van der Waals surface area contributed by atoms with Crippen molar-refractivity contribution in [1.82, 2.24) is 5.32 Å². The number of ketones is 1. The summed E-state index contributed by atoms with van der Waals surface area (Å²) in [6.07, 6.45) is 2.37. The monoisotopic (exact) mass is 383 g/mol. The molecule has 2 N–H and O–H groups in total. The zero-order valence-electron chi connectivity index (χ0n) is 17.1. The van der Waals surface area contributed by atoms with Gasteiger partial charge in [-0.1, -0.05) is 74.9 Å². The maximum absolute atomic E-state index is 13.0. The van der Waals surface area contributed by atoms with E-state index in [9.17, 15) is 9.90 Å². The van der Waals surface area contributed by atoms with Crippen molar-refractivity contribution in [3.63, 3.8) is 0 Å². The van der Waals surface area contributed by atoms with Crippen molar-refractivity contribution in [2.24, 2.45) is 0 Å². The minimum absolute atomic E-state index is 0.0461. The lowest BCUT2D eigenvalue weighted by molar-refractivity contribution is -0.00163. The van der Waals surface area contributed by atoms with Gasteiger partial charge in [-0.15, -0.1) is 0 Å². The molecular weight excluding hydrogens is 350 g/mol. The van der Waals surface area contributed by atoms with Gasteiger partial charge in [0.1, 0.15) is 6.10 Å². The Morgan fingerprint density at radius 3 is 2.50 bits per heavy atom. The number of aliphatic hydroxyl groups is 1. The summed E-state index contributed by atoms with van der Waals surface area (Å²) in [6.45, 7) is 5.69. The molecule has 0 fully saturated rings. The van der Waals surface area contributed by atoms with E-state index < -0.39 is 12.2 Å². The van der Waals surface area contributed by atoms with Gasteiger partial charge in [-0.3, -0.25) is 4.79 Å².